The predicted molar refractivity (Wildman–Crippen MR) is 93.2 cm³/mol. The number of carbonyl (C=O) groups excluding carboxylic acids is 1. The van der Waals surface area contributed by atoms with Crippen LogP contribution in [0.1, 0.15) is 48.4 Å². The summed E-state index contributed by atoms with van der Waals surface area (Å²) < 4.78 is 5.97. The van der Waals surface area contributed by atoms with Crippen LogP contribution in [0.25, 0.3) is 0 Å². The number of benzene rings is 2. The number of carbonyl (C=O) groups is 1. The van der Waals surface area contributed by atoms with Crippen molar-refractivity contribution >= 4 is 11.6 Å². The highest BCUT2D eigenvalue weighted by atomic mass is 16.5. The molecule has 3 nitrogen and oxygen atoms in total. The number of para-hydroxylation sites is 1. The van der Waals surface area contributed by atoms with Gasteiger partial charge in [-0.3, -0.25) is 4.79 Å². The summed E-state index contributed by atoms with van der Waals surface area (Å²) in [5.41, 5.74) is 5.55. The molecule has 0 radical (unpaired) electrons. The fourth-order valence-electron chi connectivity index (χ4n) is 3.19. The zero-order chi connectivity index (χ0) is 16.6. The van der Waals surface area contributed by atoms with Crippen molar-refractivity contribution < 1.29 is 9.53 Å². The average molecular weight is 309 g/mol. The maximum absolute atomic E-state index is 12.3. The van der Waals surface area contributed by atoms with Crippen molar-refractivity contribution in [2.75, 3.05) is 5.32 Å². The summed E-state index contributed by atoms with van der Waals surface area (Å²) in [5, 5.41) is 3.05. The van der Waals surface area contributed by atoms with E-state index in [1.807, 2.05) is 32.0 Å². The van der Waals surface area contributed by atoms with E-state index in [4.69, 9.17) is 4.74 Å². The minimum absolute atomic E-state index is 0.0352. The molecule has 1 aliphatic heterocycles. The first-order chi connectivity index (χ1) is 11.0. The molecule has 0 saturated heterocycles. The molecule has 1 aliphatic rings. The van der Waals surface area contributed by atoms with Crippen LogP contribution >= 0.6 is 0 Å². The van der Waals surface area contributed by atoms with Gasteiger partial charge in [0.05, 0.1) is 6.10 Å². The Morgan fingerprint density at radius 1 is 1.09 bits per heavy atom. The maximum Gasteiger partial charge on any atom is 0.225 e. The van der Waals surface area contributed by atoms with Gasteiger partial charge in [0.25, 0.3) is 0 Å². The van der Waals surface area contributed by atoms with Crippen molar-refractivity contribution in [3.05, 3.63) is 58.7 Å². The molecule has 1 atom stereocenters. The van der Waals surface area contributed by atoms with Gasteiger partial charge in [-0.05, 0) is 50.5 Å². The third kappa shape index (κ3) is 2.96. The lowest BCUT2D eigenvalue weighted by molar-refractivity contribution is -0.116. The molecule has 1 unspecified atom stereocenters. The van der Waals surface area contributed by atoms with E-state index in [2.05, 4.69) is 37.4 Å². The van der Waals surface area contributed by atoms with E-state index in [-0.39, 0.29) is 17.9 Å². The van der Waals surface area contributed by atoms with Crippen molar-refractivity contribution in [2.24, 2.45) is 0 Å². The van der Waals surface area contributed by atoms with Crippen LogP contribution in [0.2, 0.25) is 0 Å². The zero-order valence-electron chi connectivity index (χ0n) is 14.1. The Morgan fingerprint density at radius 3 is 2.57 bits per heavy atom. The number of hydrogen-bond donors (Lipinski definition) is 1. The smallest absolute Gasteiger partial charge is 0.225 e. The fourth-order valence-corrected chi connectivity index (χ4v) is 3.19. The van der Waals surface area contributed by atoms with Gasteiger partial charge in [0.2, 0.25) is 5.91 Å². The van der Waals surface area contributed by atoms with E-state index < -0.39 is 0 Å². The molecule has 3 rings (SSSR count). The van der Waals surface area contributed by atoms with Gasteiger partial charge < -0.3 is 10.1 Å². The van der Waals surface area contributed by atoms with E-state index >= 15 is 0 Å². The Labute approximate surface area is 137 Å². The summed E-state index contributed by atoms with van der Waals surface area (Å²) in [6.07, 6.45) is 0.557. The van der Waals surface area contributed by atoms with E-state index in [1.54, 1.807) is 0 Å². The quantitative estimate of drug-likeness (QED) is 0.902. The maximum atomic E-state index is 12.3. The molecular formula is C20H23NO2. The summed E-state index contributed by atoms with van der Waals surface area (Å²) in [7, 11) is 0. The molecule has 23 heavy (non-hydrogen) atoms. The van der Waals surface area contributed by atoms with E-state index in [0.717, 1.165) is 22.6 Å². The van der Waals surface area contributed by atoms with Crippen LogP contribution in [-0.2, 0) is 4.79 Å². The van der Waals surface area contributed by atoms with Gasteiger partial charge >= 0.3 is 0 Å². The Bertz CT molecular complexity index is 749. The van der Waals surface area contributed by atoms with Gasteiger partial charge in [0.1, 0.15) is 5.75 Å². The third-order valence-electron chi connectivity index (χ3n) is 4.45. The molecule has 0 aromatic heterocycles. The van der Waals surface area contributed by atoms with Gasteiger partial charge in [-0.2, -0.15) is 0 Å². The molecule has 0 spiro atoms. The highest BCUT2D eigenvalue weighted by Crippen LogP contribution is 2.42. The highest BCUT2D eigenvalue weighted by Gasteiger charge is 2.29. The van der Waals surface area contributed by atoms with Crippen LogP contribution in [0.15, 0.2) is 36.4 Å². The van der Waals surface area contributed by atoms with Gasteiger partial charge in [-0.15, -0.1) is 0 Å². The van der Waals surface area contributed by atoms with Crippen molar-refractivity contribution in [1.29, 1.82) is 0 Å². The van der Waals surface area contributed by atoms with Gasteiger partial charge in [0.15, 0.2) is 0 Å². The minimum Gasteiger partial charge on any atom is -0.491 e. The normalized spacial score (nSPS) is 16.9. The number of hydrogen-bond acceptors (Lipinski definition) is 2. The number of ether oxygens (including phenoxy) is 1. The largest absolute Gasteiger partial charge is 0.491 e. The van der Waals surface area contributed by atoms with Crippen LogP contribution in [0.4, 0.5) is 5.69 Å². The molecule has 2 aromatic rings. The summed E-state index contributed by atoms with van der Waals surface area (Å²) in [4.78, 5) is 12.3. The summed E-state index contributed by atoms with van der Waals surface area (Å²) in [6.45, 7) is 8.17. The molecule has 1 amide bonds. The van der Waals surface area contributed by atoms with E-state index in [0.29, 0.717) is 6.42 Å². The van der Waals surface area contributed by atoms with Crippen LogP contribution < -0.4 is 10.1 Å². The Hall–Kier alpha value is -2.29. The number of anilines is 1. The fraction of sp³-hybridized carbons (Fsp3) is 0.350. The molecule has 0 bridgehead atoms. The average Bonchev–Trinajstić information content (AvgIpc) is 2.51. The molecule has 3 heteroatoms. The van der Waals surface area contributed by atoms with Crippen molar-refractivity contribution in [2.45, 2.75) is 46.1 Å². The molecule has 1 N–H and O–H groups in total. The highest BCUT2D eigenvalue weighted by molar-refractivity contribution is 5.96. The molecule has 0 fully saturated rings. The SMILES string of the molecule is Cc1ccc2c(c1C)NC(=O)CC2c1ccccc1OC(C)C. The van der Waals surface area contributed by atoms with Crippen LogP contribution in [0.3, 0.4) is 0 Å². The first kappa shape index (κ1) is 15.6. The lowest BCUT2D eigenvalue weighted by atomic mass is 9.82. The number of nitrogens with one attached hydrogen (secondary N) is 1. The van der Waals surface area contributed by atoms with E-state index in [1.165, 1.54) is 11.1 Å². The second-order valence-corrected chi connectivity index (χ2v) is 6.48. The van der Waals surface area contributed by atoms with Crippen molar-refractivity contribution in [3.63, 3.8) is 0 Å². The molecular weight excluding hydrogens is 286 g/mol. The lowest BCUT2D eigenvalue weighted by Crippen LogP contribution is -2.25. The molecule has 1 heterocycles. The second-order valence-electron chi connectivity index (χ2n) is 6.48. The number of fused-ring (bicyclic) bond motifs is 1. The Balaban J connectivity index is 2.12. The minimum atomic E-state index is 0.0352. The predicted octanol–water partition coefficient (Wildman–Crippen LogP) is 4.56. The Kier molecular flexibility index (Phi) is 4.12. The molecule has 120 valence electrons. The summed E-state index contributed by atoms with van der Waals surface area (Å²) in [6, 6.07) is 12.3. The first-order valence-electron chi connectivity index (χ1n) is 8.13. The van der Waals surface area contributed by atoms with Crippen LogP contribution in [-0.4, -0.2) is 12.0 Å². The topological polar surface area (TPSA) is 38.3 Å². The monoisotopic (exact) mass is 309 g/mol. The summed E-state index contributed by atoms with van der Waals surface area (Å²) in [5.74, 6) is 0.968. The lowest BCUT2D eigenvalue weighted by Gasteiger charge is -2.29. The van der Waals surface area contributed by atoms with Gasteiger partial charge in [0, 0.05) is 23.6 Å². The van der Waals surface area contributed by atoms with Gasteiger partial charge in [-0.25, -0.2) is 0 Å². The third-order valence-corrected chi connectivity index (χ3v) is 4.45. The Morgan fingerprint density at radius 2 is 1.83 bits per heavy atom. The second kappa shape index (κ2) is 6.07. The standard InChI is InChI=1S/C20H23NO2/c1-12(2)23-18-8-6-5-7-15(18)17-11-19(22)21-20-14(4)13(3)9-10-16(17)20/h5-10,12,17H,11H2,1-4H3,(H,21,22). The molecule has 0 aliphatic carbocycles. The van der Waals surface area contributed by atoms with Crippen LogP contribution in [0, 0.1) is 13.8 Å². The van der Waals surface area contributed by atoms with Gasteiger partial charge in [-0.1, -0.05) is 30.3 Å². The number of aryl methyl sites for hydroxylation is 1. The van der Waals surface area contributed by atoms with Crippen LogP contribution in [0.5, 0.6) is 5.75 Å². The number of rotatable bonds is 3. The molecule has 2 aromatic carbocycles. The number of amides is 1. The molecule has 0 saturated carbocycles. The first-order valence-corrected chi connectivity index (χ1v) is 8.13. The van der Waals surface area contributed by atoms with Crippen molar-refractivity contribution in [1.82, 2.24) is 0 Å². The zero-order valence-corrected chi connectivity index (χ0v) is 14.1. The van der Waals surface area contributed by atoms with E-state index in [9.17, 15) is 4.79 Å². The summed E-state index contributed by atoms with van der Waals surface area (Å²) >= 11 is 0. The van der Waals surface area contributed by atoms with Crippen molar-refractivity contribution in [3.8, 4) is 5.75 Å².